The Balaban J connectivity index is 2.19. The van der Waals surface area contributed by atoms with Gasteiger partial charge in [-0.25, -0.2) is 8.42 Å². The Hall–Kier alpha value is -0.910. The molecule has 0 aliphatic carbocycles. The van der Waals surface area contributed by atoms with Crippen LogP contribution in [0.1, 0.15) is 25.3 Å². The Morgan fingerprint density at radius 3 is 2.50 bits per heavy atom. The highest BCUT2D eigenvalue weighted by Crippen LogP contribution is 2.22. The van der Waals surface area contributed by atoms with E-state index in [1.165, 1.54) is 0 Å². The summed E-state index contributed by atoms with van der Waals surface area (Å²) in [5.74, 6) is 0.468. The van der Waals surface area contributed by atoms with Gasteiger partial charge in [-0.05, 0) is 50.4 Å². The highest BCUT2D eigenvalue weighted by Gasteiger charge is 2.27. The number of benzene rings is 1. The van der Waals surface area contributed by atoms with Crippen LogP contribution in [-0.4, -0.2) is 38.9 Å². The summed E-state index contributed by atoms with van der Waals surface area (Å²) in [6.45, 7) is 6.91. The minimum absolute atomic E-state index is 0.441. The molecule has 20 heavy (non-hydrogen) atoms. The first kappa shape index (κ1) is 15.5. The van der Waals surface area contributed by atoms with Crippen LogP contribution in [0.2, 0.25) is 0 Å². The maximum Gasteiger partial charge on any atom is 0.243 e. The van der Waals surface area contributed by atoms with Crippen LogP contribution in [0.4, 0.5) is 0 Å². The molecule has 5 heteroatoms. The van der Waals surface area contributed by atoms with E-state index in [4.69, 9.17) is 0 Å². The molecule has 4 nitrogen and oxygen atoms in total. The Morgan fingerprint density at radius 1 is 1.25 bits per heavy atom. The van der Waals surface area contributed by atoms with Crippen molar-refractivity contribution in [3.8, 4) is 0 Å². The molecule has 1 fully saturated rings. The summed E-state index contributed by atoms with van der Waals surface area (Å²) in [4.78, 5) is 0.441. The molecule has 0 amide bonds. The molecule has 0 unspecified atom stereocenters. The van der Waals surface area contributed by atoms with Gasteiger partial charge in [-0.2, -0.15) is 4.31 Å². The van der Waals surface area contributed by atoms with Crippen molar-refractivity contribution in [1.29, 1.82) is 0 Å². The van der Waals surface area contributed by atoms with Crippen LogP contribution in [0, 0.1) is 12.8 Å². The van der Waals surface area contributed by atoms with Gasteiger partial charge in [0.15, 0.2) is 0 Å². The fraction of sp³-hybridized carbons (Fsp3) is 0.600. The van der Waals surface area contributed by atoms with E-state index < -0.39 is 10.0 Å². The summed E-state index contributed by atoms with van der Waals surface area (Å²) in [6.07, 6.45) is 2.11. The highest BCUT2D eigenvalue weighted by molar-refractivity contribution is 7.89. The molecule has 112 valence electrons. The van der Waals surface area contributed by atoms with E-state index in [9.17, 15) is 8.42 Å². The number of hydrogen-bond donors (Lipinski definition) is 1. The van der Waals surface area contributed by atoms with Gasteiger partial charge in [0.2, 0.25) is 10.0 Å². The van der Waals surface area contributed by atoms with Gasteiger partial charge in [0, 0.05) is 13.1 Å². The smallest absolute Gasteiger partial charge is 0.243 e. The Morgan fingerprint density at radius 2 is 1.90 bits per heavy atom. The minimum Gasteiger partial charge on any atom is -0.317 e. The van der Waals surface area contributed by atoms with Crippen molar-refractivity contribution >= 4 is 10.0 Å². The molecule has 1 saturated heterocycles. The molecule has 0 atom stereocenters. The zero-order valence-electron chi connectivity index (χ0n) is 12.3. The fourth-order valence-electron chi connectivity index (χ4n) is 2.73. The van der Waals surface area contributed by atoms with Gasteiger partial charge in [-0.1, -0.05) is 25.1 Å². The lowest BCUT2D eigenvalue weighted by atomic mass is 9.98. The molecule has 1 N–H and O–H groups in total. The zero-order chi connectivity index (χ0) is 14.6. The second kappa shape index (κ2) is 6.70. The van der Waals surface area contributed by atoms with E-state index in [1.54, 1.807) is 16.4 Å². The van der Waals surface area contributed by atoms with Gasteiger partial charge >= 0.3 is 0 Å². The second-order valence-electron chi connectivity index (χ2n) is 5.41. The molecule has 1 aromatic carbocycles. The minimum atomic E-state index is -3.37. The SMILES string of the molecule is CCN(CC1CCNCC1)S(=O)(=O)c1ccccc1C. The Bertz CT molecular complexity index is 537. The van der Waals surface area contributed by atoms with Gasteiger partial charge in [0.1, 0.15) is 0 Å². The Labute approximate surface area is 122 Å². The summed E-state index contributed by atoms with van der Waals surface area (Å²) in [5.41, 5.74) is 0.816. The second-order valence-corrected chi connectivity index (χ2v) is 7.32. The quantitative estimate of drug-likeness (QED) is 0.904. The van der Waals surface area contributed by atoms with Gasteiger partial charge in [0.05, 0.1) is 4.90 Å². The van der Waals surface area contributed by atoms with E-state index in [-0.39, 0.29) is 0 Å². The molecular formula is C15H24N2O2S. The summed E-state index contributed by atoms with van der Waals surface area (Å²) in [7, 11) is -3.37. The predicted molar refractivity (Wildman–Crippen MR) is 81.2 cm³/mol. The van der Waals surface area contributed by atoms with E-state index in [2.05, 4.69) is 5.32 Å². The van der Waals surface area contributed by atoms with Crippen LogP contribution in [0.25, 0.3) is 0 Å². The van der Waals surface area contributed by atoms with Gasteiger partial charge in [-0.15, -0.1) is 0 Å². The van der Waals surface area contributed by atoms with Crippen LogP contribution in [0.3, 0.4) is 0 Å². The van der Waals surface area contributed by atoms with Crippen LogP contribution in [0.5, 0.6) is 0 Å². The third kappa shape index (κ3) is 3.40. The monoisotopic (exact) mass is 296 g/mol. The van der Waals surface area contributed by atoms with Crippen molar-refractivity contribution in [3.63, 3.8) is 0 Å². The third-order valence-corrected chi connectivity index (χ3v) is 6.09. The lowest BCUT2D eigenvalue weighted by molar-refractivity contribution is 0.294. The molecule has 0 spiro atoms. The first-order valence-corrected chi connectivity index (χ1v) is 8.76. The summed E-state index contributed by atoms with van der Waals surface area (Å²) in [5, 5.41) is 3.32. The molecule has 2 rings (SSSR count). The molecular weight excluding hydrogens is 272 g/mol. The number of rotatable bonds is 5. The maximum atomic E-state index is 12.8. The molecule has 0 bridgehead atoms. The van der Waals surface area contributed by atoms with Crippen molar-refractivity contribution in [2.75, 3.05) is 26.2 Å². The Kier molecular flexibility index (Phi) is 5.18. The van der Waals surface area contributed by atoms with Crippen molar-refractivity contribution in [1.82, 2.24) is 9.62 Å². The number of nitrogens with zero attached hydrogens (tertiary/aromatic N) is 1. The van der Waals surface area contributed by atoms with Crippen LogP contribution < -0.4 is 5.32 Å². The molecule has 0 aromatic heterocycles. The average molecular weight is 296 g/mol. The predicted octanol–water partition coefficient (Wildman–Crippen LogP) is 2.01. The van der Waals surface area contributed by atoms with Crippen molar-refractivity contribution in [2.45, 2.75) is 31.6 Å². The van der Waals surface area contributed by atoms with Gasteiger partial charge in [0.25, 0.3) is 0 Å². The zero-order valence-corrected chi connectivity index (χ0v) is 13.1. The first-order valence-electron chi connectivity index (χ1n) is 7.32. The molecule has 0 saturated carbocycles. The fourth-order valence-corrected chi connectivity index (χ4v) is 4.49. The highest BCUT2D eigenvalue weighted by atomic mass is 32.2. The molecule has 1 aliphatic rings. The van der Waals surface area contributed by atoms with Crippen molar-refractivity contribution < 1.29 is 8.42 Å². The molecule has 1 aromatic rings. The summed E-state index contributed by atoms with van der Waals surface area (Å²) < 4.78 is 27.2. The lowest BCUT2D eigenvalue weighted by Crippen LogP contribution is -2.39. The van der Waals surface area contributed by atoms with Crippen molar-refractivity contribution in [2.24, 2.45) is 5.92 Å². The normalized spacial score (nSPS) is 17.6. The lowest BCUT2D eigenvalue weighted by Gasteiger charge is -2.29. The van der Waals surface area contributed by atoms with Gasteiger partial charge in [-0.3, -0.25) is 0 Å². The number of piperidine rings is 1. The molecule has 1 heterocycles. The van der Waals surface area contributed by atoms with Crippen LogP contribution in [-0.2, 0) is 10.0 Å². The molecule has 0 radical (unpaired) electrons. The maximum absolute atomic E-state index is 12.8. The number of hydrogen-bond acceptors (Lipinski definition) is 3. The van der Waals surface area contributed by atoms with E-state index >= 15 is 0 Å². The summed E-state index contributed by atoms with van der Waals surface area (Å²) >= 11 is 0. The third-order valence-electron chi connectivity index (χ3n) is 3.98. The van der Waals surface area contributed by atoms with Crippen LogP contribution in [0.15, 0.2) is 29.2 Å². The standard InChI is InChI=1S/C15H24N2O2S/c1-3-17(12-14-8-10-16-11-9-14)20(18,19)15-7-5-4-6-13(15)2/h4-7,14,16H,3,8-12H2,1-2H3. The molecule has 1 aliphatic heterocycles. The van der Waals surface area contributed by atoms with E-state index in [0.717, 1.165) is 31.5 Å². The average Bonchev–Trinajstić information content (AvgIpc) is 2.46. The largest absolute Gasteiger partial charge is 0.317 e. The van der Waals surface area contributed by atoms with Crippen LogP contribution >= 0.6 is 0 Å². The van der Waals surface area contributed by atoms with Gasteiger partial charge < -0.3 is 5.32 Å². The van der Waals surface area contributed by atoms with E-state index in [1.807, 2.05) is 26.0 Å². The number of sulfonamides is 1. The first-order chi connectivity index (χ1) is 9.55. The topological polar surface area (TPSA) is 49.4 Å². The number of aryl methyl sites for hydroxylation is 1. The summed E-state index contributed by atoms with van der Waals surface area (Å²) in [6, 6.07) is 7.22. The van der Waals surface area contributed by atoms with Crippen molar-refractivity contribution in [3.05, 3.63) is 29.8 Å². The van der Waals surface area contributed by atoms with E-state index in [0.29, 0.717) is 23.9 Å². The number of nitrogens with one attached hydrogen (secondary N) is 1.